The van der Waals surface area contributed by atoms with Crippen molar-refractivity contribution in [2.75, 3.05) is 33.7 Å². The minimum atomic E-state index is -0.772. The van der Waals surface area contributed by atoms with Gasteiger partial charge in [-0.05, 0) is 57.1 Å². The number of hydrogen-bond donors (Lipinski definition) is 1. The lowest BCUT2D eigenvalue weighted by molar-refractivity contribution is -0.136. The molecule has 4 nitrogen and oxygen atoms in total. The number of carboxylic acids is 1. The molecule has 0 amide bonds. The van der Waals surface area contributed by atoms with Crippen molar-refractivity contribution in [3.05, 3.63) is 35.4 Å². The Hall–Kier alpha value is -1.39. The highest BCUT2D eigenvalue weighted by Gasteiger charge is 2.19. The highest BCUT2D eigenvalue weighted by molar-refractivity contribution is 5.70. The van der Waals surface area contributed by atoms with E-state index in [2.05, 4.69) is 36.0 Å². The fourth-order valence-corrected chi connectivity index (χ4v) is 3.04. The largest absolute Gasteiger partial charge is 0.481 e. The summed E-state index contributed by atoms with van der Waals surface area (Å²) in [6, 6.07) is 7.98. The number of aliphatic carboxylic acids is 1. The van der Waals surface area contributed by atoms with Crippen molar-refractivity contribution < 1.29 is 9.90 Å². The second-order valence-corrected chi connectivity index (χ2v) is 6.37. The van der Waals surface area contributed by atoms with E-state index in [1.807, 2.05) is 12.1 Å². The van der Waals surface area contributed by atoms with Crippen molar-refractivity contribution in [3.63, 3.8) is 0 Å². The van der Waals surface area contributed by atoms with Crippen LogP contribution in [0, 0.1) is 5.92 Å². The molecule has 0 aromatic heterocycles. The zero-order chi connectivity index (χ0) is 15.2. The molecule has 0 saturated carbocycles. The zero-order valence-corrected chi connectivity index (χ0v) is 13.1. The van der Waals surface area contributed by atoms with Crippen LogP contribution in [0.1, 0.15) is 24.0 Å². The van der Waals surface area contributed by atoms with Gasteiger partial charge in [-0.25, -0.2) is 0 Å². The van der Waals surface area contributed by atoms with Crippen molar-refractivity contribution in [2.24, 2.45) is 5.92 Å². The van der Waals surface area contributed by atoms with Crippen molar-refractivity contribution in [1.82, 2.24) is 9.80 Å². The van der Waals surface area contributed by atoms with Gasteiger partial charge in [-0.3, -0.25) is 9.69 Å². The summed E-state index contributed by atoms with van der Waals surface area (Å²) in [6.07, 6.45) is 2.65. The van der Waals surface area contributed by atoms with E-state index in [0.29, 0.717) is 0 Å². The molecular formula is C17H26N2O2. The van der Waals surface area contributed by atoms with E-state index in [4.69, 9.17) is 5.11 Å². The molecule has 4 heteroatoms. The average molecular weight is 290 g/mol. The van der Waals surface area contributed by atoms with E-state index in [-0.39, 0.29) is 6.42 Å². The number of carbonyl (C=O) groups is 1. The number of rotatable bonds is 6. The minimum Gasteiger partial charge on any atom is -0.481 e. The van der Waals surface area contributed by atoms with Crippen molar-refractivity contribution >= 4 is 5.97 Å². The average Bonchev–Trinajstić information content (AvgIpc) is 2.42. The quantitative estimate of drug-likeness (QED) is 0.871. The Bertz CT molecular complexity index is 448. The van der Waals surface area contributed by atoms with E-state index in [0.717, 1.165) is 31.1 Å². The maximum atomic E-state index is 10.7. The first-order valence-corrected chi connectivity index (χ1v) is 7.69. The van der Waals surface area contributed by atoms with Crippen LogP contribution >= 0.6 is 0 Å². The van der Waals surface area contributed by atoms with Gasteiger partial charge in [0.25, 0.3) is 0 Å². The fourth-order valence-electron chi connectivity index (χ4n) is 3.04. The number of nitrogens with zero attached hydrogens (tertiary/aromatic N) is 2. The topological polar surface area (TPSA) is 43.8 Å². The number of carboxylic acid groups (broad SMARTS) is 1. The Labute approximate surface area is 127 Å². The predicted octanol–water partition coefficient (Wildman–Crippen LogP) is 2.09. The first-order valence-electron chi connectivity index (χ1n) is 7.69. The minimum absolute atomic E-state index is 0.107. The lowest BCUT2D eigenvalue weighted by Gasteiger charge is -2.33. The molecule has 0 bridgehead atoms. The highest BCUT2D eigenvalue weighted by Crippen LogP contribution is 2.19. The SMILES string of the molecule is CN(C)CC1CCN(Cc2ccc(CC(=O)O)cc2)CC1. The Morgan fingerprint density at radius 1 is 1.19 bits per heavy atom. The summed E-state index contributed by atoms with van der Waals surface area (Å²) in [7, 11) is 4.29. The molecule has 1 heterocycles. The summed E-state index contributed by atoms with van der Waals surface area (Å²) >= 11 is 0. The van der Waals surface area contributed by atoms with Crippen LogP contribution in [-0.2, 0) is 17.8 Å². The Balaban J connectivity index is 1.79. The van der Waals surface area contributed by atoms with Gasteiger partial charge in [0.05, 0.1) is 6.42 Å². The lowest BCUT2D eigenvalue weighted by Crippen LogP contribution is -2.36. The summed E-state index contributed by atoms with van der Waals surface area (Å²) in [5.41, 5.74) is 2.14. The van der Waals surface area contributed by atoms with E-state index >= 15 is 0 Å². The second-order valence-electron chi connectivity index (χ2n) is 6.37. The monoisotopic (exact) mass is 290 g/mol. The van der Waals surface area contributed by atoms with Crippen molar-refractivity contribution in [3.8, 4) is 0 Å². The number of hydrogen-bond acceptors (Lipinski definition) is 3. The van der Waals surface area contributed by atoms with Crippen LogP contribution in [0.5, 0.6) is 0 Å². The van der Waals surface area contributed by atoms with Gasteiger partial charge in [-0.2, -0.15) is 0 Å². The van der Waals surface area contributed by atoms with Crippen LogP contribution in [0.25, 0.3) is 0 Å². The third kappa shape index (κ3) is 5.48. The van der Waals surface area contributed by atoms with Crippen LogP contribution in [0.15, 0.2) is 24.3 Å². The second kappa shape index (κ2) is 7.57. The smallest absolute Gasteiger partial charge is 0.307 e. The van der Waals surface area contributed by atoms with Gasteiger partial charge in [0.15, 0.2) is 0 Å². The van der Waals surface area contributed by atoms with Gasteiger partial charge >= 0.3 is 5.97 Å². The molecule has 0 unspecified atom stereocenters. The van der Waals surface area contributed by atoms with Crippen LogP contribution in [-0.4, -0.2) is 54.6 Å². The molecule has 0 spiro atoms. The van der Waals surface area contributed by atoms with Crippen LogP contribution < -0.4 is 0 Å². The van der Waals surface area contributed by atoms with Gasteiger partial charge in [-0.15, -0.1) is 0 Å². The summed E-state index contributed by atoms with van der Waals surface area (Å²) in [4.78, 5) is 15.4. The fraction of sp³-hybridized carbons (Fsp3) is 0.588. The molecule has 1 aromatic carbocycles. The molecule has 0 aliphatic carbocycles. The molecule has 2 rings (SSSR count). The Morgan fingerprint density at radius 2 is 1.76 bits per heavy atom. The number of likely N-dealkylation sites (tertiary alicyclic amines) is 1. The Kier molecular flexibility index (Phi) is 5.76. The van der Waals surface area contributed by atoms with Crippen LogP contribution in [0.4, 0.5) is 0 Å². The molecular weight excluding hydrogens is 264 g/mol. The summed E-state index contributed by atoms with van der Waals surface area (Å²) in [6.45, 7) is 4.49. The first kappa shape index (κ1) is 16.0. The normalized spacial score (nSPS) is 17.3. The maximum Gasteiger partial charge on any atom is 0.307 e. The molecule has 1 aliphatic heterocycles. The molecule has 21 heavy (non-hydrogen) atoms. The molecule has 1 saturated heterocycles. The van der Waals surface area contributed by atoms with Gasteiger partial charge in [0, 0.05) is 13.1 Å². The molecule has 1 aromatic rings. The molecule has 1 aliphatic rings. The molecule has 0 atom stereocenters. The summed E-state index contributed by atoms with van der Waals surface area (Å²) in [5, 5.41) is 8.77. The van der Waals surface area contributed by atoms with Crippen molar-refractivity contribution in [1.29, 1.82) is 0 Å². The highest BCUT2D eigenvalue weighted by atomic mass is 16.4. The van der Waals surface area contributed by atoms with Crippen molar-refractivity contribution in [2.45, 2.75) is 25.8 Å². The van der Waals surface area contributed by atoms with Crippen LogP contribution in [0.2, 0.25) is 0 Å². The Morgan fingerprint density at radius 3 is 2.29 bits per heavy atom. The molecule has 116 valence electrons. The number of benzene rings is 1. The van der Waals surface area contributed by atoms with Gasteiger partial charge in [0.2, 0.25) is 0 Å². The first-order chi connectivity index (χ1) is 10.0. The van der Waals surface area contributed by atoms with E-state index < -0.39 is 5.97 Å². The summed E-state index contributed by atoms with van der Waals surface area (Å²) < 4.78 is 0. The lowest BCUT2D eigenvalue weighted by atomic mass is 9.96. The number of piperidine rings is 1. The molecule has 1 N–H and O–H groups in total. The zero-order valence-electron chi connectivity index (χ0n) is 13.1. The van der Waals surface area contributed by atoms with Gasteiger partial charge < -0.3 is 10.0 Å². The third-order valence-corrected chi connectivity index (χ3v) is 4.12. The van der Waals surface area contributed by atoms with Gasteiger partial charge in [-0.1, -0.05) is 24.3 Å². The summed E-state index contributed by atoms with van der Waals surface area (Å²) in [5.74, 6) is 0.0555. The van der Waals surface area contributed by atoms with Gasteiger partial charge in [0.1, 0.15) is 0 Å². The van der Waals surface area contributed by atoms with Crippen LogP contribution in [0.3, 0.4) is 0 Å². The standard InChI is InChI=1S/C17H26N2O2/c1-18(2)12-16-7-9-19(10-8-16)13-15-5-3-14(4-6-15)11-17(20)21/h3-6,16H,7-13H2,1-2H3,(H,20,21). The molecule has 1 fully saturated rings. The third-order valence-electron chi connectivity index (χ3n) is 4.12. The molecule has 0 radical (unpaired) electrons. The van der Waals surface area contributed by atoms with E-state index in [9.17, 15) is 4.79 Å². The maximum absolute atomic E-state index is 10.7. The van der Waals surface area contributed by atoms with E-state index in [1.165, 1.54) is 24.9 Å². The van der Waals surface area contributed by atoms with E-state index in [1.54, 1.807) is 0 Å². The predicted molar refractivity (Wildman–Crippen MR) is 84.3 cm³/mol.